The van der Waals surface area contributed by atoms with Crippen molar-refractivity contribution >= 4 is 16.0 Å². The van der Waals surface area contributed by atoms with Crippen LogP contribution in [0.1, 0.15) is 19.4 Å². The molecule has 2 atom stereocenters. The van der Waals surface area contributed by atoms with E-state index >= 15 is 0 Å². The molecule has 6 heteroatoms. The van der Waals surface area contributed by atoms with Gasteiger partial charge in [-0.2, -0.15) is 17.4 Å². The molecule has 0 radical (unpaired) electrons. The summed E-state index contributed by atoms with van der Waals surface area (Å²) in [7, 11) is -3.59. The summed E-state index contributed by atoms with van der Waals surface area (Å²) in [6.45, 7) is 3.97. The smallest absolute Gasteiger partial charge is 0.280 e. The van der Waals surface area contributed by atoms with Gasteiger partial charge in [0.1, 0.15) is 5.78 Å². The van der Waals surface area contributed by atoms with Crippen LogP contribution < -0.4 is 4.72 Å². The molecule has 1 saturated heterocycles. The number of benzene rings is 1. The predicted molar refractivity (Wildman–Crippen MR) is 72.5 cm³/mol. The number of nitrogens with zero attached hydrogens (tertiary/aromatic N) is 1. The van der Waals surface area contributed by atoms with E-state index in [0.29, 0.717) is 13.1 Å². The van der Waals surface area contributed by atoms with Crippen LogP contribution >= 0.6 is 0 Å². The van der Waals surface area contributed by atoms with Gasteiger partial charge in [-0.25, -0.2) is 0 Å². The first-order valence-corrected chi connectivity index (χ1v) is 7.66. The number of carbonyl (C=O) groups excluding carboxylic acids is 1. The second-order valence-corrected chi connectivity index (χ2v) is 6.67. The summed E-state index contributed by atoms with van der Waals surface area (Å²) in [5.74, 6) is -0.180. The molecule has 104 valence electrons. The first-order valence-electron chi connectivity index (χ1n) is 6.22. The monoisotopic (exact) mass is 282 g/mol. The number of hydrogen-bond acceptors (Lipinski definition) is 3. The summed E-state index contributed by atoms with van der Waals surface area (Å²) in [6, 6.07) is 8.80. The van der Waals surface area contributed by atoms with Crippen molar-refractivity contribution in [3.05, 3.63) is 35.9 Å². The largest absolute Gasteiger partial charge is 0.298 e. The zero-order valence-corrected chi connectivity index (χ0v) is 11.9. The molecule has 0 saturated carbocycles. The Morgan fingerprint density at radius 1 is 1.37 bits per heavy atom. The quantitative estimate of drug-likeness (QED) is 0.897. The Kier molecular flexibility index (Phi) is 4.03. The molecule has 19 heavy (non-hydrogen) atoms. The summed E-state index contributed by atoms with van der Waals surface area (Å²) in [5.41, 5.74) is 0.932. The molecular formula is C13H18N2O3S. The van der Waals surface area contributed by atoms with Crippen molar-refractivity contribution in [2.45, 2.75) is 26.4 Å². The van der Waals surface area contributed by atoms with Crippen molar-refractivity contribution in [3.8, 4) is 0 Å². The lowest BCUT2D eigenvalue weighted by molar-refractivity contribution is -0.120. The number of ketones is 1. The molecule has 0 aromatic heterocycles. The molecule has 1 heterocycles. The lowest BCUT2D eigenvalue weighted by Gasteiger charge is -2.35. The average Bonchev–Trinajstić information content (AvgIpc) is 2.35. The van der Waals surface area contributed by atoms with Gasteiger partial charge in [0.15, 0.2) is 0 Å². The van der Waals surface area contributed by atoms with Gasteiger partial charge in [0.2, 0.25) is 0 Å². The predicted octanol–water partition coefficient (Wildman–Crippen LogP) is 0.930. The van der Waals surface area contributed by atoms with E-state index in [0.717, 1.165) is 5.56 Å². The number of hydrogen-bond donors (Lipinski definition) is 1. The summed E-state index contributed by atoms with van der Waals surface area (Å²) in [4.78, 5) is 11.4. The highest BCUT2D eigenvalue weighted by Crippen LogP contribution is 2.19. The Labute approximate surface area is 113 Å². The average molecular weight is 282 g/mol. The van der Waals surface area contributed by atoms with Gasteiger partial charge in [-0.05, 0) is 18.4 Å². The van der Waals surface area contributed by atoms with E-state index in [1.54, 1.807) is 0 Å². The zero-order valence-electron chi connectivity index (χ0n) is 11.0. The zero-order chi connectivity index (χ0) is 14.0. The van der Waals surface area contributed by atoms with Gasteiger partial charge in [-0.15, -0.1) is 0 Å². The van der Waals surface area contributed by atoms with Crippen LogP contribution in [0.3, 0.4) is 0 Å². The number of nitrogens with one attached hydrogen (secondary N) is 1. The van der Waals surface area contributed by atoms with Gasteiger partial charge in [0.25, 0.3) is 10.2 Å². The van der Waals surface area contributed by atoms with Crippen molar-refractivity contribution in [1.29, 1.82) is 0 Å². The van der Waals surface area contributed by atoms with Crippen LogP contribution in [0.25, 0.3) is 0 Å². The summed E-state index contributed by atoms with van der Waals surface area (Å²) >= 11 is 0. The lowest BCUT2D eigenvalue weighted by atomic mass is 9.99. The third kappa shape index (κ3) is 3.20. The normalized spacial score (nSPS) is 27.1. The maximum absolute atomic E-state index is 12.1. The second-order valence-electron chi connectivity index (χ2n) is 4.97. The van der Waals surface area contributed by atoms with Crippen molar-refractivity contribution in [2.75, 3.05) is 6.54 Å². The van der Waals surface area contributed by atoms with Gasteiger partial charge >= 0.3 is 0 Å². The standard InChI is InChI=1S/C13H18N2O3S/c1-10-8-15(9-12-6-4-3-5-7-12)19(17,18)14-13(10)11(2)16/h3-7,10,13-14H,8-9H2,1-2H3/t10-,13-/m0/s1. The van der Waals surface area contributed by atoms with E-state index in [4.69, 9.17) is 0 Å². The first-order chi connectivity index (χ1) is 8.90. The fourth-order valence-electron chi connectivity index (χ4n) is 2.30. The van der Waals surface area contributed by atoms with Crippen LogP contribution in [0.5, 0.6) is 0 Å². The molecule has 0 bridgehead atoms. The van der Waals surface area contributed by atoms with Crippen molar-refractivity contribution in [3.63, 3.8) is 0 Å². The Morgan fingerprint density at radius 3 is 2.58 bits per heavy atom. The fraction of sp³-hybridized carbons (Fsp3) is 0.462. The molecule has 1 aromatic rings. The van der Waals surface area contributed by atoms with Gasteiger partial charge in [0, 0.05) is 13.1 Å². The molecule has 1 aromatic carbocycles. The number of rotatable bonds is 3. The van der Waals surface area contributed by atoms with Crippen LogP contribution in [-0.4, -0.2) is 31.1 Å². The highest BCUT2D eigenvalue weighted by atomic mass is 32.2. The maximum atomic E-state index is 12.1. The molecule has 2 rings (SSSR count). The van der Waals surface area contributed by atoms with Crippen LogP contribution in [0.15, 0.2) is 30.3 Å². The Balaban J connectivity index is 2.17. The van der Waals surface area contributed by atoms with Crippen LogP contribution in [0.4, 0.5) is 0 Å². The van der Waals surface area contributed by atoms with Gasteiger partial charge < -0.3 is 0 Å². The lowest BCUT2D eigenvalue weighted by Crippen LogP contribution is -2.58. The van der Waals surface area contributed by atoms with E-state index in [1.807, 2.05) is 37.3 Å². The molecule has 1 fully saturated rings. The molecular weight excluding hydrogens is 264 g/mol. The van der Waals surface area contributed by atoms with Gasteiger partial charge in [0.05, 0.1) is 6.04 Å². The van der Waals surface area contributed by atoms with Crippen LogP contribution in [0, 0.1) is 5.92 Å². The summed E-state index contributed by atoms with van der Waals surface area (Å²) in [5, 5.41) is 0. The minimum Gasteiger partial charge on any atom is -0.298 e. The number of carbonyl (C=O) groups is 1. The van der Waals surface area contributed by atoms with Crippen molar-refractivity contribution in [1.82, 2.24) is 9.03 Å². The molecule has 0 amide bonds. The van der Waals surface area contributed by atoms with E-state index in [9.17, 15) is 13.2 Å². The molecule has 0 unspecified atom stereocenters. The highest BCUT2D eigenvalue weighted by molar-refractivity contribution is 7.87. The summed E-state index contributed by atoms with van der Waals surface area (Å²) in [6.07, 6.45) is 0. The summed E-state index contributed by atoms with van der Waals surface area (Å²) < 4.78 is 28.1. The Morgan fingerprint density at radius 2 is 2.00 bits per heavy atom. The molecule has 0 aliphatic carbocycles. The van der Waals surface area contributed by atoms with E-state index in [2.05, 4.69) is 4.72 Å². The second kappa shape index (κ2) is 5.40. The van der Waals surface area contributed by atoms with Gasteiger partial charge in [-0.1, -0.05) is 37.3 Å². The number of Topliss-reactive ketones (excluding diaryl/α,β-unsaturated/α-hetero) is 1. The van der Waals surface area contributed by atoms with Crippen LogP contribution in [0.2, 0.25) is 0 Å². The Bertz CT molecular complexity index is 557. The van der Waals surface area contributed by atoms with E-state index < -0.39 is 16.3 Å². The van der Waals surface area contributed by atoms with Gasteiger partial charge in [-0.3, -0.25) is 4.79 Å². The SMILES string of the molecule is CC(=O)[C@H]1NS(=O)(=O)N(Cc2ccccc2)C[C@@H]1C. The topological polar surface area (TPSA) is 66.5 Å². The van der Waals surface area contributed by atoms with Crippen LogP contribution in [-0.2, 0) is 21.5 Å². The fourth-order valence-corrected chi connectivity index (χ4v) is 3.91. The molecule has 1 aliphatic heterocycles. The third-order valence-corrected chi connectivity index (χ3v) is 4.83. The van der Waals surface area contributed by atoms with Crippen molar-refractivity contribution in [2.24, 2.45) is 5.92 Å². The third-order valence-electron chi connectivity index (χ3n) is 3.32. The van der Waals surface area contributed by atoms with E-state index in [1.165, 1.54) is 11.2 Å². The maximum Gasteiger partial charge on any atom is 0.280 e. The molecule has 1 aliphatic rings. The minimum atomic E-state index is -3.59. The molecule has 0 spiro atoms. The highest BCUT2D eigenvalue weighted by Gasteiger charge is 2.37. The molecule has 1 N–H and O–H groups in total. The minimum absolute atomic E-state index is 0.0373. The van der Waals surface area contributed by atoms with E-state index in [-0.39, 0.29) is 11.7 Å². The molecule has 5 nitrogen and oxygen atoms in total. The first kappa shape index (κ1) is 14.2. The Hall–Kier alpha value is -1.24. The van der Waals surface area contributed by atoms with Crippen molar-refractivity contribution < 1.29 is 13.2 Å².